The highest BCUT2D eigenvalue weighted by Crippen LogP contribution is 2.31. The predicted molar refractivity (Wildman–Crippen MR) is 72.9 cm³/mol. The number of hydrogen-bond acceptors (Lipinski definition) is 5. The first-order valence-electron chi connectivity index (χ1n) is 5.81. The molecule has 7 nitrogen and oxygen atoms in total. The van der Waals surface area contributed by atoms with Gasteiger partial charge in [-0.25, -0.2) is 0 Å². The molecule has 0 heterocycles. The Bertz CT molecular complexity index is 550. The maximum absolute atomic E-state index is 10.9. The zero-order valence-corrected chi connectivity index (χ0v) is 10.9. The van der Waals surface area contributed by atoms with Crippen molar-refractivity contribution in [1.29, 1.82) is 0 Å². The van der Waals surface area contributed by atoms with Gasteiger partial charge in [-0.1, -0.05) is 5.92 Å². The summed E-state index contributed by atoms with van der Waals surface area (Å²) < 4.78 is 5.20. The largest absolute Gasteiger partial charge is 0.487 e. The van der Waals surface area contributed by atoms with Gasteiger partial charge in [0.2, 0.25) is 0 Å². The molecule has 0 saturated carbocycles. The Labute approximate surface area is 115 Å². The summed E-state index contributed by atoms with van der Waals surface area (Å²) in [6, 6.07) is 4.13. The molecule has 0 aliphatic rings. The second kappa shape index (κ2) is 6.99. The minimum atomic E-state index is -1.04. The highest BCUT2D eigenvalue weighted by Gasteiger charge is 2.18. The standard InChI is InChI=1S/C13H14N2O5/c1-3-7-14(9-13(16)17)10-5-6-11(15(18)19)12(8-10)20-4-2/h1,5-6,8H,4,7,9H2,2H3,(H,16,17). The molecule has 106 valence electrons. The molecule has 1 aromatic carbocycles. The van der Waals surface area contributed by atoms with Crippen LogP contribution in [0.1, 0.15) is 6.92 Å². The Balaban J connectivity index is 3.16. The van der Waals surface area contributed by atoms with Gasteiger partial charge in [-0.3, -0.25) is 14.9 Å². The van der Waals surface area contributed by atoms with Crippen LogP contribution in [0.15, 0.2) is 18.2 Å². The summed E-state index contributed by atoms with van der Waals surface area (Å²) in [5.41, 5.74) is 0.283. The summed E-state index contributed by atoms with van der Waals surface area (Å²) in [7, 11) is 0. The second-order valence-corrected chi connectivity index (χ2v) is 3.80. The number of benzene rings is 1. The summed E-state index contributed by atoms with van der Waals surface area (Å²) in [5, 5.41) is 19.7. The van der Waals surface area contributed by atoms with Gasteiger partial charge in [0.15, 0.2) is 5.75 Å². The highest BCUT2D eigenvalue weighted by molar-refractivity contribution is 5.74. The van der Waals surface area contributed by atoms with Crippen LogP contribution in [0.2, 0.25) is 0 Å². The molecule has 1 aromatic rings. The molecule has 0 bridgehead atoms. The lowest BCUT2D eigenvalue weighted by Crippen LogP contribution is -2.30. The van der Waals surface area contributed by atoms with Gasteiger partial charge < -0.3 is 14.7 Å². The molecule has 0 radical (unpaired) electrons. The third-order valence-corrected chi connectivity index (χ3v) is 2.41. The normalized spacial score (nSPS) is 9.60. The maximum Gasteiger partial charge on any atom is 0.323 e. The van der Waals surface area contributed by atoms with Crippen LogP contribution < -0.4 is 9.64 Å². The number of carboxylic acids is 1. The Hall–Kier alpha value is -2.75. The molecule has 0 aliphatic carbocycles. The van der Waals surface area contributed by atoms with E-state index >= 15 is 0 Å². The molecule has 0 aliphatic heterocycles. The Morgan fingerprint density at radius 1 is 1.60 bits per heavy atom. The molecule has 0 saturated heterocycles. The zero-order valence-electron chi connectivity index (χ0n) is 10.9. The van der Waals surface area contributed by atoms with Crippen LogP contribution in [0.3, 0.4) is 0 Å². The molecular formula is C13H14N2O5. The van der Waals surface area contributed by atoms with Crippen molar-refractivity contribution in [3.63, 3.8) is 0 Å². The number of terminal acetylenes is 1. The van der Waals surface area contributed by atoms with Gasteiger partial charge in [-0.15, -0.1) is 6.42 Å². The fraction of sp³-hybridized carbons (Fsp3) is 0.308. The van der Waals surface area contributed by atoms with Crippen molar-refractivity contribution < 1.29 is 19.6 Å². The van der Waals surface area contributed by atoms with E-state index in [2.05, 4.69) is 5.92 Å². The van der Waals surface area contributed by atoms with Crippen molar-refractivity contribution in [3.05, 3.63) is 28.3 Å². The number of carboxylic acid groups (broad SMARTS) is 1. The van der Waals surface area contributed by atoms with Crippen molar-refractivity contribution >= 4 is 17.3 Å². The fourth-order valence-corrected chi connectivity index (χ4v) is 1.63. The fourth-order valence-electron chi connectivity index (χ4n) is 1.63. The molecule has 7 heteroatoms. The van der Waals surface area contributed by atoms with Crippen molar-refractivity contribution in [2.24, 2.45) is 0 Å². The van der Waals surface area contributed by atoms with E-state index in [0.29, 0.717) is 5.69 Å². The van der Waals surface area contributed by atoms with E-state index in [1.165, 1.54) is 23.1 Å². The molecule has 0 unspecified atom stereocenters. The van der Waals surface area contributed by atoms with Crippen LogP contribution in [0.25, 0.3) is 0 Å². The molecule has 1 N–H and O–H groups in total. The van der Waals surface area contributed by atoms with Gasteiger partial charge in [0, 0.05) is 17.8 Å². The van der Waals surface area contributed by atoms with Gasteiger partial charge in [0.1, 0.15) is 6.54 Å². The lowest BCUT2D eigenvalue weighted by atomic mass is 10.2. The SMILES string of the molecule is C#CCN(CC(=O)O)c1ccc([N+](=O)[O-])c(OCC)c1. The van der Waals surface area contributed by atoms with Gasteiger partial charge in [-0.05, 0) is 13.0 Å². The van der Waals surface area contributed by atoms with Gasteiger partial charge in [0.25, 0.3) is 0 Å². The number of nitro groups is 1. The van der Waals surface area contributed by atoms with Gasteiger partial charge in [-0.2, -0.15) is 0 Å². The molecule has 20 heavy (non-hydrogen) atoms. The van der Waals surface area contributed by atoms with E-state index in [9.17, 15) is 14.9 Å². The molecule has 0 atom stereocenters. The summed E-state index contributed by atoms with van der Waals surface area (Å²) in [5.74, 6) is 1.39. The predicted octanol–water partition coefficient (Wildman–Crippen LogP) is 1.52. The first-order chi connectivity index (χ1) is 9.49. The number of hydrogen-bond donors (Lipinski definition) is 1. The smallest absolute Gasteiger partial charge is 0.323 e. The van der Waals surface area contributed by atoms with E-state index < -0.39 is 10.9 Å². The van der Waals surface area contributed by atoms with Crippen molar-refractivity contribution in [3.8, 4) is 18.1 Å². The number of ether oxygens (including phenoxy) is 1. The summed E-state index contributed by atoms with van der Waals surface area (Å²) in [6.45, 7) is 1.74. The third-order valence-electron chi connectivity index (χ3n) is 2.41. The lowest BCUT2D eigenvalue weighted by Gasteiger charge is -2.20. The van der Waals surface area contributed by atoms with Crippen LogP contribution in [-0.4, -0.2) is 35.7 Å². The maximum atomic E-state index is 10.9. The van der Waals surface area contributed by atoms with Crippen LogP contribution in [0, 0.1) is 22.5 Å². The Morgan fingerprint density at radius 2 is 2.30 bits per heavy atom. The van der Waals surface area contributed by atoms with Crippen molar-refractivity contribution in [1.82, 2.24) is 0 Å². The van der Waals surface area contributed by atoms with Crippen LogP contribution in [-0.2, 0) is 4.79 Å². The summed E-state index contributed by atoms with van der Waals surface area (Å²) in [6.07, 6.45) is 5.19. The third kappa shape index (κ3) is 3.88. The van der Waals surface area contributed by atoms with Crippen LogP contribution >= 0.6 is 0 Å². The average molecular weight is 278 g/mol. The van der Waals surface area contributed by atoms with Crippen LogP contribution in [0.4, 0.5) is 11.4 Å². The number of nitrogens with zero attached hydrogens (tertiary/aromatic N) is 2. The number of rotatable bonds is 7. The van der Waals surface area contributed by atoms with Crippen molar-refractivity contribution in [2.45, 2.75) is 6.92 Å². The van der Waals surface area contributed by atoms with E-state index in [-0.39, 0.29) is 31.1 Å². The average Bonchev–Trinajstić information content (AvgIpc) is 2.37. The van der Waals surface area contributed by atoms with Gasteiger partial charge >= 0.3 is 11.7 Å². The minimum absolute atomic E-state index is 0.0790. The second-order valence-electron chi connectivity index (χ2n) is 3.80. The van der Waals surface area contributed by atoms with Crippen LogP contribution in [0.5, 0.6) is 5.75 Å². The number of aliphatic carboxylic acids is 1. The minimum Gasteiger partial charge on any atom is -0.487 e. The molecular weight excluding hydrogens is 264 g/mol. The molecule has 0 fully saturated rings. The topological polar surface area (TPSA) is 92.9 Å². The Morgan fingerprint density at radius 3 is 2.80 bits per heavy atom. The first-order valence-corrected chi connectivity index (χ1v) is 5.81. The zero-order chi connectivity index (χ0) is 15.1. The first kappa shape index (κ1) is 15.3. The Kier molecular flexibility index (Phi) is 5.35. The number of carbonyl (C=O) groups is 1. The monoisotopic (exact) mass is 278 g/mol. The number of anilines is 1. The number of nitro benzene ring substituents is 1. The summed E-state index contributed by atoms with van der Waals surface area (Å²) in [4.78, 5) is 22.5. The quantitative estimate of drug-likeness (QED) is 0.461. The van der Waals surface area contributed by atoms with Gasteiger partial charge in [0.05, 0.1) is 18.1 Å². The van der Waals surface area contributed by atoms with Crippen molar-refractivity contribution in [2.75, 3.05) is 24.6 Å². The molecule has 0 amide bonds. The van der Waals surface area contributed by atoms with E-state index in [1.54, 1.807) is 6.92 Å². The molecule has 0 aromatic heterocycles. The highest BCUT2D eigenvalue weighted by atomic mass is 16.6. The van der Waals surface area contributed by atoms with E-state index in [1.807, 2.05) is 0 Å². The van der Waals surface area contributed by atoms with E-state index in [4.69, 9.17) is 16.3 Å². The lowest BCUT2D eigenvalue weighted by molar-refractivity contribution is -0.385. The summed E-state index contributed by atoms with van der Waals surface area (Å²) >= 11 is 0. The molecule has 0 spiro atoms. The molecule has 1 rings (SSSR count). The van der Waals surface area contributed by atoms with E-state index in [0.717, 1.165) is 0 Å².